The van der Waals surface area contributed by atoms with Crippen LogP contribution in [-0.2, 0) is 4.79 Å². The fraction of sp³-hybridized carbons (Fsp3) is 0.273. The molecule has 0 atom stereocenters. The Kier molecular flexibility index (Phi) is 3.14. The highest BCUT2D eigenvalue weighted by molar-refractivity contribution is 7.22. The summed E-state index contributed by atoms with van der Waals surface area (Å²) in [4.78, 5) is 15.6. The Labute approximate surface area is 103 Å². The van der Waals surface area contributed by atoms with E-state index < -0.39 is 0 Å². The van der Waals surface area contributed by atoms with Crippen molar-refractivity contribution in [1.82, 2.24) is 4.98 Å². The molecule has 0 aliphatic rings. The molecular weight excluding hydrogens is 238 g/mol. The second-order valence-electron chi connectivity index (χ2n) is 3.45. The van der Waals surface area contributed by atoms with Gasteiger partial charge < -0.3 is 15.8 Å². The minimum absolute atomic E-state index is 0.0385. The van der Waals surface area contributed by atoms with Gasteiger partial charge in [-0.15, -0.1) is 0 Å². The van der Waals surface area contributed by atoms with Crippen LogP contribution in [0.15, 0.2) is 12.1 Å². The number of benzene rings is 1. The zero-order valence-corrected chi connectivity index (χ0v) is 10.4. The zero-order valence-electron chi connectivity index (χ0n) is 9.61. The molecule has 1 aromatic carbocycles. The lowest BCUT2D eigenvalue weighted by Gasteiger charge is -2.06. The summed E-state index contributed by atoms with van der Waals surface area (Å²) in [5, 5.41) is 3.27. The van der Waals surface area contributed by atoms with Crippen molar-refractivity contribution in [3.63, 3.8) is 0 Å². The molecule has 3 N–H and O–H groups in total. The maximum Gasteiger partial charge on any atom is 0.224 e. The number of nitrogen functional groups attached to an aromatic ring is 1. The molecule has 0 radical (unpaired) electrons. The molecule has 0 fully saturated rings. The molecule has 0 aliphatic heterocycles. The largest absolute Gasteiger partial charge is 0.494 e. The second kappa shape index (κ2) is 4.58. The van der Waals surface area contributed by atoms with Crippen molar-refractivity contribution in [2.45, 2.75) is 13.3 Å². The van der Waals surface area contributed by atoms with E-state index in [9.17, 15) is 4.79 Å². The molecule has 6 heteroatoms. The lowest BCUT2D eigenvalue weighted by molar-refractivity contribution is -0.115. The van der Waals surface area contributed by atoms with Crippen LogP contribution in [0, 0.1) is 0 Å². The number of ether oxygens (including phenoxy) is 1. The number of aromatic nitrogens is 1. The molecular formula is C11H13N3O2S. The summed E-state index contributed by atoms with van der Waals surface area (Å²) < 4.78 is 6.04. The number of carbonyl (C=O) groups excluding carboxylic acids is 1. The van der Waals surface area contributed by atoms with Crippen molar-refractivity contribution < 1.29 is 9.53 Å². The maximum absolute atomic E-state index is 11.4. The van der Waals surface area contributed by atoms with E-state index in [-0.39, 0.29) is 5.91 Å². The second-order valence-corrected chi connectivity index (χ2v) is 4.48. The SMILES string of the molecule is CCC(=O)Nc1ccc(OC)c2nc(N)sc12. The predicted octanol–water partition coefficient (Wildman–Crippen LogP) is 2.24. The van der Waals surface area contributed by atoms with Gasteiger partial charge in [-0.3, -0.25) is 4.79 Å². The van der Waals surface area contributed by atoms with Gasteiger partial charge in [0.1, 0.15) is 11.3 Å². The molecule has 0 bridgehead atoms. The Morgan fingerprint density at radius 1 is 1.59 bits per heavy atom. The smallest absolute Gasteiger partial charge is 0.224 e. The quantitative estimate of drug-likeness (QED) is 0.877. The van der Waals surface area contributed by atoms with E-state index in [2.05, 4.69) is 10.3 Å². The van der Waals surface area contributed by atoms with Gasteiger partial charge in [-0.2, -0.15) is 0 Å². The van der Waals surface area contributed by atoms with Gasteiger partial charge in [-0.25, -0.2) is 4.98 Å². The average Bonchev–Trinajstić information content (AvgIpc) is 2.71. The van der Waals surface area contributed by atoms with E-state index >= 15 is 0 Å². The van der Waals surface area contributed by atoms with Crippen LogP contribution in [-0.4, -0.2) is 18.0 Å². The fourth-order valence-electron chi connectivity index (χ4n) is 1.50. The number of nitrogens with zero attached hydrogens (tertiary/aromatic N) is 1. The summed E-state index contributed by atoms with van der Waals surface area (Å²) in [7, 11) is 1.58. The molecule has 0 spiro atoms. The number of methoxy groups -OCH3 is 1. The van der Waals surface area contributed by atoms with Gasteiger partial charge in [-0.05, 0) is 12.1 Å². The molecule has 90 valence electrons. The Morgan fingerprint density at radius 2 is 2.35 bits per heavy atom. The summed E-state index contributed by atoms with van der Waals surface area (Å²) >= 11 is 1.33. The maximum atomic E-state index is 11.4. The number of amides is 1. The van der Waals surface area contributed by atoms with E-state index in [0.29, 0.717) is 22.8 Å². The van der Waals surface area contributed by atoms with Crippen molar-refractivity contribution in [2.75, 3.05) is 18.2 Å². The standard InChI is InChI=1S/C11H13N3O2S/c1-3-8(15)13-6-4-5-7(16-2)9-10(6)17-11(12)14-9/h4-5H,3H2,1-2H3,(H2,12,14)(H,13,15). The highest BCUT2D eigenvalue weighted by Crippen LogP contribution is 2.36. The van der Waals surface area contributed by atoms with Crippen LogP contribution in [0.5, 0.6) is 5.75 Å². The highest BCUT2D eigenvalue weighted by atomic mass is 32.1. The Hall–Kier alpha value is -1.82. The molecule has 1 heterocycles. The van der Waals surface area contributed by atoms with Crippen LogP contribution in [0.25, 0.3) is 10.2 Å². The lowest BCUT2D eigenvalue weighted by Crippen LogP contribution is -2.09. The number of hydrogen-bond acceptors (Lipinski definition) is 5. The number of carbonyl (C=O) groups is 1. The number of thiazole rings is 1. The lowest BCUT2D eigenvalue weighted by atomic mass is 10.2. The zero-order chi connectivity index (χ0) is 12.4. The third kappa shape index (κ3) is 2.16. The molecule has 0 unspecified atom stereocenters. The molecule has 0 saturated heterocycles. The van der Waals surface area contributed by atoms with Crippen LogP contribution in [0.2, 0.25) is 0 Å². The van der Waals surface area contributed by atoms with Crippen LogP contribution in [0.1, 0.15) is 13.3 Å². The molecule has 1 aromatic heterocycles. The molecule has 0 aliphatic carbocycles. The average molecular weight is 251 g/mol. The van der Waals surface area contributed by atoms with E-state index in [1.54, 1.807) is 26.2 Å². The number of hydrogen-bond donors (Lipinski definition) is 2. The minimum atomic E-state index is -0.0385. The number of rotatable bonds is 3. The van der Waals surface area contributed by atoms with Gasteiger partial charge in [0.2, 0.25) is 5.91 Å². The molecule has 1 amide bonds. The van der Waals surface area contributed by atoms with Crippen molar-refractivity contribution in [1.29, 1.82) is 0 Å². The van der Waals surface area contributed by atoms with Crippen LogP contribution in [0.3, 0.4) is 0 Å². The topological polar surface area (TPSA) is 77.2 Å². The van der Waals surface area contributed by atoms with E-state index in [4.69, 9.17) is 10.5 Å². The summed E-state index contributed by atoms with van der Waals surface area (Å²) in [6, 6.07) is 3.57. The summed E-state index contributed by atoms with van der Waals surface area (Å²) in [6.07, 6.45) is 0.432. The van der Waals surface area contributed by atoms with E-state index in [1.807, 2.05) is 0 Å². The van der Waals surface area contributed by atoms with Gasteiger partial charge >= 0.3 is 0 Å². The third-order valence-corrected chi connectivity index (χ3v) is 3.26. The van der Waals surface area contributed by atoms with Gasteiger partial charge in [0, 0.05) is 6.42 Å². The predicted molar refractivity (Wildman–Crippen MR) is 69.5 cm³/mol. The first-order valence-corrected chi connectivity index (χ1v) is 6.00. The summed E-state index contributed by atoms with van der Waals surface area (Å²) in [5.41, 5.74) is 7.09. The van der Waals surface area contributed by atoms with E-state index in [0.717, 1.165) is 10.4 Å². The minimum Gasteiger partial charge on any atom is -0.494 e. The first-order chi connectivity index (χ1) is 8.15. The summed E-state index contributed by atoms with van der Waals surface area (Å²) in [5.74, 6) is 0.617. The number of nitrogens with two attached hydrogens (primary N) is 1. The molecule has 0 saturated carbocycles. The van der Waals surface area contributed by atoms with Gasteiger partial charge in [0.15, 0.2) is 5.13 Å². The van der Waals surface area contributed by atoms with Gasteiger partial charge in [0.25, 0.3) is 0 Å². The normalized spacial score (nSPS) is 10.5. The monoisotopic (exact) mass is 251 g/mol. The number of fused-ring (bicyclic) bond motifs is 1. The Morgan fingerprint density at radius 3 is 3.00 bits per heavy atom. The van der Waals surface area contributed by atoms with Crippen molar-refractivity contribution in [3.8, 4) is 5.75 Å². The van der Waals surface area contributed by atoms with Crippen LogP contribution >= 0.6 is 11.3 Å². The van der Waals surface area contributed by atoms with Gasteiger partial charge in [-0.1, -0.05) is 18.3 Å². The highest BCUT2D eigenvalue weighted by Gasteiger charge is 2.12. The summed E-state index contributed by atoms with van der Waals surface area (Å²) in [6.45, 7) is 1.80. The number of nitrogens with one attached hydrogen (secondary N) is 1. The molecule has 2 rings (SSSR count). The first kappa shape index (κ1) is 11.7. The Balaban J connectivity index is 2.54. The van der Waals surface area contributed by atoms with Crippen LogP contribution in [0.4, 0.5) is 10.8 Å². The molecule has 2 aromatic rings. The molecule has 5 nitrogen and oxygen atoms in total. The van der Waals surface area contributed by atoms with Crippen molar-refractivity contribution >= 4 is 38.3 Å². The fourth-order valence-corrected chi connectivity index (χ4v) is 2.32. The third-order valence-electron chi connectivity index (χ3n) is 2.34. The number of anilines is 2. The van der Waals surface area contributed by atoms with E-state index in [1.165, 1.54) is 11.3 Å². The Bertz CT molecular complexity index is 565. The van der Waals surface area contributed by atoms with Crippen molar-refractivity contribution in [2.24, 2.45) is 0 Å². The molecule has 17 heavy (non-hydrogen) atoms. The first-order valence-electron chi connectivity index (χ1n) is 5.18. The van der Waals surface area contributed by atoms with Gasteiger partial charge in [0.05, 0.1) is 17.5 Å². The van der Waals surface area contributed by atoms with Crippen LogP contribution < -0.4 is 15.8 Å². The van der Waals surface area contributed by atoms with Crippen molar-refractivity contribution in [3.05, 3.63) is 12.1 Å².